The van der Waals surface area contributed by atoms with Crippen molar-refractivity contribution < 1.29 is 14.3 Å². The second kappa shape index (κ2) is 9.95. The molecule has 146 valence electrons. The van der Waals surface area contributed by atoms with Crippen LogP contribution in [-0.4, -0.2) is 19.6 Å². The summed E-state index contributed by atoms with van der Waals surface area (Å²) in [6.45, 7) is 6.43. The average Bonchev–Trinajstić information content (AvgIpc) is 2.67. The van der Waals surface area contributed by atoms with Gasteiger partial charge in [0.2, 0.25) is 0 Å². The number of ether oxygens (including phenoxy) is 2. The van der Waals surface area contributed by atoms with Crippen LogP contribution in [0.3, 0.4) is 0 Å². The van der Waals surface area contributed by atoms with E-state index in [4.69, 9.17) is 9.47 Å². The fourth-order valence-electron chi connectivity index (χ4n) is 2.54. The molecule has 0 aliphatic rings. The molecule has 5 nitrogen and oxygen atoms in total. The summed E-state index contributed by atoms with van der Waals surface area (Å²) < 4.78 is 11.8. The third kappa shape index (κ3) is 5.37. The second-order valence-electron chi connectivity index (χ2n) is 6.32. The van der Waals surface area contributed by atoms with Gasteiger partial charge < -0.3 is 14.8 Å². The van der Waals surface area contributed by atoms with E-state index in [1.165, 1.54) is 6.08 Å². The van der Waals surface area contributed by atoms with Crippen molar-refractivity contribution in [2.45, 2.75) is 27.2 Å². The number of hydrogen-bond donors (Lipinski definition) is 1. The van der Waals surface area contributed by atoms with Crippen molar-refractivity contribution in [3.63, 3.8) is 0 Å². The van der Waals surface area contributed by atoms with Crippen LogP contribution in [0.15, 0.2) is 40.4 Å². The maximum Gasteiger partial charge on any atom is 0.266 e. The highest BCUT2D eigenvalue weighted by atomic mass is 79.9. The van der Waals surface area contributed by atoms with Gasteiger partial charge in [0.15, 0.2) is 11.5 Å². The second-order valence-corrected chi connectivity index (χ2v) is 7.18. The number of benzene rings is 2. The molecule has 0 saturated heterocycles. The fraction of sp³-hybridized carbons (Fsp3) is 0.273. The summed E-state index contributed by atoms with van der Waals surface area (Å²) in [4.78, 5) is 12.6. The number of anilines is 1. The molecule has 0 bridgehead atoms. The van der Waals surface area contributed by atoms with Crippen LogP contribution in [-0.2, 0) is 4.79 Å². The Morgan fingerprint density at radius 1 is 1.29 bits per heavy atom. The van der Waals surface area contributed by atoms with Crippen LogP contribution in [0.4, 0.5) is 5.69 Å². The molecule has 1 amide bonds. The lowest BCUT2D eigenvalue weighted by Crippen LogP contribution is -2.14. The molecule has 0 fully saturated rings. The van der Waals surface area contributed by atoms with Crippen LogP contribution < -0.4 is 14.8 Å². The predicted octanol–water partition coefficient (Wildman–Crippen LogP) is 5.41. The lowest BCUT2D eigenvalue weighted by atomic mass is 10.1. The first-order chi connectivity index (χ1) is 13.4. The zero-order valence-corrected chi connectivity index (χ0v) is 18.0. The van der Waals surface area contributed by atoms with E-state index in [1.807, 2.05) is 45.0 Å². The number of halogens is 1. The van der Waals surface area contributed by atoms with Gasteiger partial charge in [-0.25, -0.2) is 0 Å². The number of nitriles is 1. The molecule has 0 unspecified atom stereocenters. The van der Waals surface area contributed by atoms with Gasteiger partial charge in [-0.05, 0) is 77.2 Å². The van der Waals surface area contributed by atoms with E-state index in [2.05, 4.69) is 21.2 Å². The van der Waals surface area contributed by atoms with Gasteiger partial charge in [-0.3, -0.25) is 4.79 Å². The summed E-state index contributed by atoms with van der Waals surface area (Å²) >= 11 is 3.47. The van der Waals surface area contributed by atoms with E-state index >= 15 is 0 Å². The molecule has 0 aromatic heterocycles. The number of rotatable bonds is 7. The summed E-state index contributed by atoms with van der Waals surface area (Å²) in [6, 6.07) is 11.3. The molecule has 2 rings (SSSR count). The van der Waals surface area contributed by atoms with Crippen LogP contribution in [0.25, 0.3) is 6.08 Å². The number of hydrogen-bond acceptors (Lipinski definition) is 4. The smallest absolute Gasteiger partial charge is 0.266 e. The minimum atomic E-state index is -0.461. The Morgan fingerprint density at radius 2 is 2.04 bits per heavy atom. The fourth-order valence-corrected chi connectivity index (χ4v) is 3.12. The number of carbonyl (C=O) groups is 1. The van der Waals surface area contributed by atoms with Gasteiger partial charge in [0.05, 0.1) is 18.2 Å². The monoisotopic (exact) mass is 442 g/mol. The van der Waals surface area contributed by atoms with Gasteiger partial charge in [-0.1, -0.05) is 19.1 Å². The van der Waals surface area contributed by atoms with Crippen molar-refractivity contribution in [1.29, 1.82) is 5.26 Å². The SMILES string of the molecule is CCCOc1c(Br)cc(/C=C(/C#N)C(=O)Nc2cc(C)ccc2C)cc1OC. The Morgan fingerprint density at radius 3 is 2.68 bits per heavy atom. The summed E-state index contributed by atoms with van der Waals surface area (Å²) in [6.07, 6.45) is 2.39. The quantitative estimate of drug-likeness (QED) is 0.459. The first-order valence-electron chi connectivity index (χ1n) is 8.90. The van der Waals surface area contributed by atoms with Gasteiger partial charge in [-0.2, -0.15) is 5.26 Å². The van der Waals surface area contributed by atoms with Crippen LogP contribution >= 0.6 is 15.9 Å². The summed E-state index contributed by atoms with van der Waals surface area (Å²) in [5.74, 6) is 0.666. The van der Waals surface area contributed by atoms with Gasteiger partial charge in [0.1, 0.15) is 11.6 Å². The van der Waals surface area contributed by atoms with Crippen molar-refractivity contribution >= 4 is 33.6 Å². The minimum absolute atomic E-state index is 0.00270. The zero-order chi connectivity index (χ0) is 20.7. The first-order valence-corrected chi connectivity index (χ1v) is 9.69. The molecule has 0 spiro atoms. The number of carbonyl (C=O) groups excluding carboxylic acids is 1. The first kappa shape index (κ1) is 21.5. The van der Waals surface area contributed by atoms with Crippen LogP contribution in [0, 0.1) is 25.2 Å². The molecular weight excluding hydrogens is 420 g/mol. The molecular formula is C22H23BrN2O3. The predicted molar refractivity (Wildman–Crippen MR) is 115 cm³/mol. The lowest BCUT2D eigenvalue weighted by Gasteiger charge is -2.13. The van der Waals surface area contributed by atoms with Gasteiger partial charge in [0.25, 0.3) is 5.91 Å². The van der Waals surface area contributed by atoms with Gasteiger partial charge in [-0.15, -0.1) is 0 Å². The molecule has 0 aliphatic heterocycles. The van der Waals surface area contributed by atoms with Crippen LogP contribution in [0.1, 0.15) is 30.0 Å². The molecule has 0 radical (unpaired) electrons. The largest absolute Gasteiger partial charge is 0.493 e. The Balaban J connectivity index is 2.33. The highest BCUT2D eigenvalue weighted by Gasteiger charge is 2.14. The minimum Gasteiger partial charge on any atom is -0.493 e. The van der Waals surface area contributed by atoms with Crippen molar-refractivity contribution in [3.05, 3.63) is 57.1 Å². The Labute approximate surface area is 174 Å². The molecule has 1 N–H and O–H groups in total. The lowest BCUT2D eigenvalue weighted by molar-refractivity contribution is -0.112. The third-order valence-corrected chi connectivity index (χ3v) is 4.61. The molecule has 6 heteroatoms. The molecule has 0 saturated carbocycles. The number of nitrogens with zero attached hydrogens (tertiary/aromatic N) is 1. The maximum absolute atomic E-state index is 12.6. The number of methoxy groups -OCH3 is 1. The Hall–Kier alpha value is -2.78. The molecule has 0 aliphatic carbocycles. The van der Waals surface area contributed by atoms with E-state index in [0.29, 0.717) is 33.8 Å². The van der Waals surface area contributed by atoms with Crippen molar-refractivity contribution in [2.75, 3.05) is 19.0 Å². The highest BCUT2D eigenvalue weighted by molar-refractivity contribution is 9.10. The topological polar surface area (TPSA) is 71.3 Å². The van der Waals surface area contributed by atoms with E-state index in [1.54, 1.807) is 19.2 Å². The highest BCUT2D eigenvalue weighted by Crippen LogP contribution is 2.37. The van der Waals surface area contributed by atoms with E-state index in [0.717, 1.165) is 17.5 Å². The van der Waals surface area contributed by atoms with E-state index in [-0.39, 0.29) is 5.57 Å². The van der Waals surface area contributed by atoms with Crippen LogP contribution in [0.2, 0.25) is 0 Å². The van der Waals surface area contributed by atoms with Gasteiger partial charge in [0, 0.05) is 5.69 Å². The molecule has 2 aromatic carbocycles. The van der Waals surface area contributed by atoms with Crippen molar-refractivity contribution in [1.82, 2.24) is 0 Å². The number of aryl methyl sites for hydroxylation is 2. The Kier molecular flexibility index (Phi) is 7.65. The summed E-state index contributed by atoms with van der Waals surface area (Å²) in [5, 5.41) is 12.3. The third-order valence-electron chi connectivity index (χ3n) is 4.02. The molecule has 0 atom stereocenters. The standard InChI is InChI=1S/C22H23BrN2O3/c1-5-8-28-21-18(23)11-16(12-20(21)27-4)10-17(13-24)22(26)25-19-9-14(2)6-7-15(19)3/h6-7,9-12H,5,8H2,1-4H3,(H,25,26)/b17-10-. The number of amides is 1. The number of nitrogens with one attached hydrogen (secondary N) is 1. The van der Waals surface area contributed by atoms with Crippen molar-refractivity contribution in [2.24, 2.45) is 0 Å². The molecule has 2 aromatic rings. The molecule has 0 heterocycles. The zero-order valence-electron chi connectivity index (χ0n) is 16.4. The maximum atomic E-state index is 12.6. The van der Waals surface area contributed by atoms with Crippen molar-refractivity contribution in [3.8, 4) is 17.6 Å². The van der Waals surface area contributed by atoms with E-state index < -0.39 is 5.91 Å². The van der Waals surface area contributed by atoms with Gasteiger partial charge >= 0.3 is 0 Å². The molecule has 28 heavy (non-hydrogen) atoms. The van der Waals surface area contributed by atoms with Crippen LogP contribution in [0.5, 0.6) is 11.5 Å². The Bertz CT molecular complexity index is 946. The summed E-state index contributed by atoms with van der Waals surface area (Å²) in [7, 11) is 1.55. The normalized spacial score (nSPS) is 10.9. The average molecular weight is 443 g/mol. The van der Waals surface area contributed by atoms with E-state index in [9.17, 15) is 10.1 Å². The summed E-state index contributed by atoms with van der Waals surface area (Å²) in [5.41, 5.74) is 3.29.